The first-order chi connectivity index (χ1) is 19.9. The summed E-state index contributed by atoms with van der Waals surface area (Å²) >= 11 is 0. The molecule has 5 rings (SSSR count). The molecule has 4 aromatic carbocycles. The first-order valence-corrected chi connectivity index (χ1v) is 14.3. The molecule has 1 aliphatic rings. The third-order valence-electron chi connectivity index (χ3n) is 8.17. The molecule has 0 radical (unpaired) electrons. The number of rotatable bonds is 9. The summed E-state index contributed by atoms with van der Waals surface area (Å²) in [6.07, 6.45) is 0.877. The van der Waals surface area contributed by atoms with Crippen molar-refractivity contribution in [3.8, 4) is 0 Å². The van der Waals surface area contributed by atoms with Gasteiger partial charge in [-0.1, -0.05) is 91.0 Å². The van der Waals surface area contributed by atoms with Crippen molar-refractivity contribution >= 4 is 28.6 Å². The fourth-order valence-corrected chi connectivity index (χ4v) is 6.22. The van der Waals surface area contributed by atoms with E-state index in [0.29, 0.717) is 18.5 Å². The van der Waals surface area contributed by atoms with E-state index in [1.54, 1.807) is 24.0 Å². The number of fused-ring (bicyclic) bond motifs is 1. The van der Waals surface area contributed by atoms with Gasteiger partial charge < -0.3 is 15.0 Å². The van der Waals surface area contributed by atoms with E-state index in [4.69, 9.17) is 4.74 Å². The molecule has 2 amide bonds. The van der Waals surface area contributed by atoms with E-state index in [9.17, 15) is 14.4 Å². The minimum Gasteiger partial charge on any atom is -0.464 e. The number of nitrogens with zero attached hydrogens (tertiary/aromatic N) is 1. The van der Waals surface area contributed by atoms with E-state index in [1.165, 1.54) is 0 Å². The highest BCUT2D eigenvalue weighted by molar-refractivity contribution is 5.99. The molecular weight excluding hydrogens is 512 g/mol. The largest absolute Gasteiger partial charge is 0.464 e. The van der Waals surface area contributed by atoms with E-state index in [0.717, 1.165) is 21.9 Å². The van der Waals surface area contributed by atoms with Crippen molar-refractivity contribution in [3.05, 3.63) is 120 Å². The van der Waals surface area contributed by atoms with E-state index in [-0.39, 0.29) is 37.3 Å². The van der Waals surface area contributed by atoms with Gasteiger partial charge in [0.2, 0.25) is 5.91 Å². The SMILES string of the molecule is CCOC(=O)[C@@]1(Cc2ccccc2)[C@H](CC(=O)N[C@H](C)c2cccc3ccccc23)CCN1C(=O)c1ccccc1. The standard InChI is InChI=1S/C35H36N2O4/c1-3-41-34(40)35(24-26-13-6-4-7-14-26)29(21-22-37(35)33(39)28-16-8-5-9-17-28)23-32(38)36-25(2)30-20-12-18-27-15-10-11-19-31(27)30/h4-20,25,29H,3,21-24H2,1-2H3,(H,36,38)/t25-,29+,35-/m1/s1. The Morgan fingerprint density at radius 1 is 0.902 bits per heavy atom. The second-order valence-corrected chi connectivity index (χ2v) is 10.7. The highest BCUT2D eigenvalue weighted by Crippen LogP contribution is 2.42. The average molecular weight is 549 g/mol. The Kier molecular flexibility index (Phi) is 8.48. The Bertz CT molecular complexity index is 1520. The maximum atomic E-state index is 14.0. The van der Waals surface area contributed by atoms with Crippen LogP contribution in [0, 0.1) is 5.92 Å². The first-order valence-electron chi connectivity index (χ1n) is 14.3. The summed E-state index contributed by atoms with van der Waals surface area (Å²) in [5.74, 6) is -1.28. The van der Waals surface area contributed by atoms with Gasteiger partial charge in [0.25, 0.3) is 5.91 Å². The average Bonchev–Trinajstić information content (AvgIpc) is 3.35. The lowest BCUT2D eigenvalue weighted by Crippen LogP contribution is -2.59. The molecule has 1 N–H and O–H groups in total. The molecule has 1 fully saturated rings. The van der Waals surface area contributed by atoms with E-state index in [2.05, 4.69) is 23.5 Å². The van der Waals surface area contributed by atoms with Crippen LogP contribution in [0.15, 0.2) is 103 Å². The van der Waals surface area contributed by atoms with Crippen molar-refractivity contribution in [2.45, 2.75) is 44.7 Å². The topological polar surface area (TPSA) is 75.7 Å². The summed E-state index contributed by atoms with van der Waals surface area (Å²) in [4.78, 5) is 43.1. The molecule has 3 atom stereocenters. The molecule has 1 aliphatic heterocycles. The fourth-order valence-electron chi connectivity index (χ4n) is 6.22. The van der Waals surface area contributed by atoms with Crippen molar-refractivity contribution in [2.24, 2.45) is 5.92 Å². The van der Waals surface area contributed by atoms with Crippen molar-refractivity contribution in [2.75, 3.05) is 13.2 Å². The molecule has 41 heavy (non-hydrogen) atoms. The van der Waals surface area contributed by atoms with Crippen LogP contribution in [-0.4, -0.2) is 41.4 Å². The van der Waals surface area contributed by atoms with Crippen LogP contribution in [0.5, 0.6) is 0 Å². The third kappa shape index (κ3) is 5.73. The molecule has 0 aliphatic carbocycles. The summed E-state index contributed by atoms with van der Waals surface area (Å²) < 4.78 is 5.66. The molecule has 0 spiro atoms. The molecule has 4 aromatic rings. The number of esters is 1. The second-order valence-electron chi connectivity index (χ2n) is 10.7. The van der Waals surface area contributed by atoms with Gasteiger partial charge in [-0.3, -0.25) is 9.59 Å². The zero-order valence-electron chi connectivity index (χ0n) is 23.6. The van der Waals surface area contributed by atoms with E-state index < -0.39 is 17.4 Å². The zero-order chi connectivity index (χ0) is 28.8. The van der Waals surface area contributed by atoms with Crippen LogP contribution in [-0.2, 0) is 20.7 Å². The molecule has 0 unspecified atom stereocenters. The number of benzene rings is 4. The van der Waals surface area contributed by atoms with Crippen LogP contribution in [0.4, 0.5) is 0 Å². The molecule has 0 aromatic heterocycles. The predicted octanol–water partition coefficient (Wildman–Crippen LogP) is 6.11. The number of amides is 2. The van der Waals surface area contributed by atoms with Gasteiger partial charge in [0.15, 0.2) is 0 Å². The Morgan fingerprint density at radius 3 is 2.29 bits per heavy atom. The molecule has 0 bridgehead atoms. The predicted molar refractivity (Wildman–Crippen MR) is 160 cm³/mol. The first kappa shape index (κ1) is 28.1. The van der Waals surface area contributed by atoms with Gasteiger partial charge in [-0.25, -0.2) is 4.79 Å². The lowest BCUT2D eigenvalue weighted by atomic mass is 9.77. The van der Waals surface area contributed by atoms with Crippen LogP contribution in [0.3, 0.4) is 0 Å². The maximum Gasteiger partial charge on any atom is 0.332 e. The number of ether oxygens (including phenoxy) is 1. The normalized spacial score (nSPS) is 19.1. The lowest BCUT2D eigenvalue weighted by molar-refractivity contribution is -0.157. The minimum absolute atomic E-state index is 0.0966. The Balaban J connectivity index is 1.47. The summed E-state index contributed by atoms with van der Waals surface area (Å²) in [7, 11) is 0. The molecular formula is C35H36N2O4. The maximum absolute atomic E-state index is 14.0. The molecule has 6 heteroatoms. The number of hydrogen-bond donors (Lipinski definition) is 1. The summed E-state index contributed by atoms with van der Waals surface area (Å²) in [6, 6.07) is 32.6. The highest BCUT2D eigenvalue weighted by Gasteiger charge is 2.57. The molecule has 6 nitrogen and oxygen atoms in total. The van der Waals surface area contributed by atoms with Gasteiger partial charge in [0.05, 0.1) is 12.6 Å². The smallest absolute Gasteiger partial charge is 0.332 e. The van der Waals surface area contributed by atoms with Crippen molar-refractivity contribution in [1.29, 1.82) is 0 Å². The number of hydrogen-bond acceptors (Lipinski definition) is 4. The fraction of sp³-hybridized carbons (Fsp3) is 0.286. The van der Waals surface area contributed by atoms with Crippen molar-refractivity contribution < 1.29 is 19.1 Å². The minimum atomic E-state index is -1.32. The quantitative estimate of drug-likeness (QED) is 0.256. The summed E-state index contributed by atoms with van der Waals surface area (Å²) in [6.45, 7) is 4.28. The third-order valence-corrected chi connectivity index (χ3v) is 8.17. The Hall–Kier alpha value is -4.45. The molecule has 1 saturated heterocycles. The van der Waals surface area contributed by atoms with Gasteiger partial charge >= 0.3 is 5.97 Å². The van der Waals surface area contributed by atoms with Crippen LogP contribution in [0.2, 0.25) is 0 Å². The van der Waals surface area contributed by atoms with Crippen LogP contribution < -0.4 is 5.32 Å². The van der Waals surface area contributed by atoms with Crippen molar-refractivity contribution in [3.63, 3.8) is 0 Å². The van der Waals surface area contributed by atoms with Gasteiger partial charge in [-0.05, 0) is 54.3 Å². The zero-order valence-corrected chi connectivity index (χ0v) is 23.6. The van der Waals surface area contributed by atoms with Gasteiger partial charge in [-0.15, -0.1) is 0 Å². The highest BCUT2D eigenvalue weighted by atomic mass is 16.5. The van der Waals surface area contributed by atoms with Crippen molar-refractivity contribution in [1.82, 2.24) is 10.2 Å². The number of likely N-dealkylation sites (tertiary alicyclic amines) is 1. The summed E-state index contributed by atoms with van der Waals surface area (Å²) in [5.41, 5.74) is 1.13. The molecule has 210 valence electrons. The van der Waals surface area contributed by atoms with Gasteiger partial charge in [0, 0.05) is 30.9 Å². The van der Waals surface area contributed by atoms with Gasteiger partial charge in [0.1, 0.15) is 5.54 Å². The lowest BCUT2D eigenvalue weighted by Gasteiger charge is -2.40. The van der Waals surface area contributed by atoms with E-state index >= 15 is 0 Å². The van der Waals surface area contributed by atoms with Gasteiger partial charge in [-0.2, -0.15) is 0 Å². The van der Waals surface area contributed by atoms with E-state index in [1.807, 2.05) is 79.7 Å². The number of nitrogens with one attached hydrogen (secondary N) is 1. The van der Waals surface area contributed by atoms with Crippen LogP contribution in [0.25, 0.3) is 10.8 Å². The second kappa shape index (κ2) is 12.4. The van der Waals surface area contributed by atoms with Crippen LogP contribution >= 0.6 is 0 Å². The molecule has 0 saturated carbocycles. The Morgan fingerprint density at radius 2 is 1.56 bits per heavy atom. The van der Waals surface area contributed by atoms with Crippen LogP contribution in [0.1, 0.15) is 54.2 Å². The number of carbonyl (C=O) groups is 3. The molecule has 1 heterocycles. The number of carbonyl (C=O) groups excluding carboxylic acids is 3. The summed E-state index contributed by atoms with van der Waals surface area (Å²) in [5, 5.41) is 5.37. The Labute approximate surface area is 241 Å². The monoisotopic (exact) mass is 548 g/mol.